The quantitative estimate of drug-likeness (QED) is 0.138. The number of pyridine rings is 9. The molecule has 0 aliphatic carbocycles. The van der Waals surface area contributed by atoms with Crippen LogP contribution in [0.4, 0.5) is 0 Å². The van der Waals surface area contributed by atoms with Crippen molar-refractivity contribution in [3.05, 3.63) is 383 Å². The Kier molecular flexibility index (Phi) is 15.5. The molecule has 0 saturated carbocycles. The summed E-state index contributed by atoms with van der Waals surface area (Å²) in [7, 11) is 0. The van der Waals surface area contributed by atoms with Gasteiger partial charge < -0.3 is 13.2 Å². The van der Waals surface area contributed by atoms with Crippen molar-refractivity contribution >= 4 is 99.7 Å². The van der Waals surface area contributed by atoms with Gasteiger partial charge in [0.15, 0.2) is 0 Å². The first-order chi connectivity index (χ1) is 56.4. The van der Waals surface area contributed by atoms with Crippen LogP contribution in [0.2, 0.25) is 0 Å². The highest BCUT2D eigenvalue weighted by atomic mass is 15.0. The van der Waals surface area contributed by atoms with Crippen LogP contribution in [-0.4, -0.2) is 71.3 Å². The molecule has 24 aromatic rings. The molecule has 15 heteroatoms. The topological polar surface area (TPSA) is 142 Å². The minimum atomic E-state index is 0.915. The van der Waals surface area contributed by atoms with Gasteiger partial charge in [-0.25, -0.2) is 44.9 Å². The Morgan fingerprint density at radius 1 is 0.175 bits per heavy atom. The Hall–Kier alpha value is -15.9. The standard InChI is InChI=1S/3C33H21N5/c1-2-14-27-26(13-1)32-33(38-18-6-4-16-30(38)36-32)31(35-27)25-12-8-10-23(20-25)22-9-7-11-24(19-22)28-21-37-17-5-3-15-29(37)34-28;1-2-11-27-26(10-1)32-33(38-19-6-4-13-30(38)36-32)31(35-27)25-9-7-8-24(20-25)22-14-16-23(17-15-22)28-21-37-18-5-3-12-29(37)34-28;1-2-9-22(10-3-1)28-21-37-20-25(16-17-29(37)34-28)23-11-8-12-24(19-23)31-33-32(26-13-4-5-14-27(26)35-31)36-30-15-6-7-18-38(30)33/h3*1-21H. The normalized spacial score (nSPS) is 11.7. The summed E-state index contributed by atoms with van der Waals surface area (Å²) in [5.74, 6) is 0. The number of imidazole rings is 6. The zero-order chi connectivity index (χ0) is 75.2. The van der Waals surface area contributed by atoms with Crippen molar-refractivity contribution in [1.29, 1.82) is 0 Å². The van der Waals surface area contributed by atoms with Gasteiger partial charge in [0.05, 0.1) is 67.3 Å². The fourth-order valence-electron chi connectivity index (χ4n) is 16.0. The van der Waals surface area contributed by atoms with Gasteiger partial charge in [0, 0.05) is 105 Å². The fraction of sp³-hybridized carbons (Fsp3) is 0. The molecule has 0 spiro atoms. The van der Waals surface area contributed by atoms with Gasteiger partial charge in [-0.3, -0.25) is 13.2 Å². The molecule has 534 valence electrons. The van der Waals surface area contributed by atoms with Gasteiger partial charge >= 0.3 is 0 Å². The van der Waals surface area contributed by atoms with E-state index in [1.807, 2.05) is 162 Å². The van der Waals surface area contributed by atoms with Gasteiger partial charge in [-0.05, 0) is 149 Å². The number of rotatable bonds is 9. The third-order valence-corrected chi connectivity index (χ3v) is 21.4. The van der Waals surface area contributed by atoms with E-state index in [1.54, 1.807) is 0 Å². The number of para-hydroxylation sites is 3. The zero-order valence-electron chi connectivity index (χ0n) is 61.1. The molecule has 0 aliphatic rings. The van der Waals surface area contributed by atoms with E-state index in [1.165, 1.54) is 0 Å². The lowest BCUT2D eigenvalue weighted by Gasteiger charge is -2.10. The van der Waals surface area contributed by atoms with Crippen molar-refractivity contribution in [2.24, 2.45) is 0 Å². The number of hydrogen-bond donors (Lipinski definition) is 0. The first-order valence-electron chi connectivity index (χ1n) is 37.9. The maximum Gasteiger partial charge on any atom is 0.137 e. The summed E-state index contributed by atoms with van der Waals surface area (Å²) in [4.78, 5) is 44.8. The van der Waals surface area contributed by atoms with Crippen LogP contribution in [0.15, 0.2) is 383 Å². The van der Waals surface area contributed by atoms with Crippen LogP contribution < -0.4 is 0 Å². The molecule has 0 unspecified atom stereocenters. The third kappa shape index (κ3) is 11.5. The average molecular weight is 1460 g/mol. The number of fused-ring (bicyclic) bond motifs is 18. The van der Waals surface area contributed by atoms with E-state index >= 15 is 0 Å². The van der Waals surface area contributed by atoms with Gasteiger partial charge in [-0.1, -0.05) is 212 Å². The van der Waals surface area contributed by atoms with Gasteiger partial charge in [0.25, 0.3) is 0 Å². The van der Waals surface area contributed by atoms with Crippen molar-refractivity contribution < 1.29 is 0 Å². The smallest absolute Gasteiger partial charge is 0.137 e. The van der Waals surface area contributed by atoms with E-state index in [4.69, 9.17) is 44.9 Å². The minimum Gasteiger partial charge on any atom is -0.306 e. The monoisotopic (exact) mass is 1460 g/mol. The van der Waals surface area contributed by atoms with Crippen molar-refractivity contribution in [2.45, 2.75) is 0 Å². The van der Waals surface area contributed by atoms with Crippen molar-refractivity contribution in [3.63, 3.8) is 0 Å². The Morgan fingerprint density at radius 3 is 0.930 bits per heavy atom. The SMILES string of the molecule is c1cc(-c2ccc(-c3cn4ccccc4n3)cc2)cc(-c2nc3ccccc3c3nc4ccccn4c23)c1.c1cc(-c2cccc(-c3nc4ccccc4c4nc5ccccn5c34)c2)cc(-c2cn3ccccc3n2)c1.c1ccc(-c2cn3cc(-c4cccc(-c5nc6ccccc6c6nc7ccccn7c56)c4)ccc3n2)cc1. The predicted molar refractivity (Wildman–Crippen MR) is 459 cm³/mol. The lowest BCUT2D eigenvalue weighted by molar-refractivity contribution is 1.19. The number of hydrogen-bond acceptors (Lipinski definition) is 9. The van der Waals surface area contributed by atoms with Crippen molar-refractivity contribution in [1.82, 2.24) is 71.3 Å². The molecular formula is C99H63N15. The summed E-state index contributed by atoms with van der Waals surface area (Å²) >= 11 is 0. The number of aromatic nitrogens is 15. The highest BCUT2D eigenvalue weighted by Gasteiger charge is 2.22. The molecule has 0 saturated heterocycles. The summed E-state index contributed by atoms with van der Waals surface area (Å²) in [6, 6.07) is 113. The lowest BCUT2D eigenvalue weighted by atomic mass is 9.98. The molecule has 0 aliphatic heterocycles. The molecule has 15 nitrogen and oxygen atoms in total. The molecule has 0 bridgehead atoms. The largest absolute Gasteiger partial charge is 0.306 e. The van der Waals surface area contributed by atoms with Crippen LogP contribution in [0.5, 0.6) is 0 Å². The molecule has 24 rings (SSSR count). The molecule has 0 amide bonds. The summed E-state index contributed by atoms with van der Waals surface area (Å²) in [6.45, 7) is 0. The number of benzene rings is 9. The van der Waals surface area contributed by atoms with E-state index in [9.17, 15) is 0 Å². The average Bonchev–Trinajstić information content (AvgIpc) is 1.56. The summed E-state index contributed by atoms with van der Waals surface area (Å²) in [6.07, 6.45) is 18.6. The molecule has 0 radical (unpaired) electrons. The highest BCUT2D eigenvalue weighted by Crippen LogP contribution is 2.40. The molecule has 114 heavy (non-hydrogen) atoms. The van der Waals surface area contributed by atoms with Crippen LogP contribution in [0.1, 0.15) is 0 Å². The lowest BCUT2D eigenvalue weighted by Crippen LogP contribution is -1.92. The molecule has 0 atom stereocenters. The van der Waals surface area contributed by atoms with Crippen molar-refractivity contribution in [2.75, 3.05) is 0 Å². The van der Waals surface area contributed by atoms with Gasteiger partial charge in [-0.2, -0.15) is 0 Å². The van der Waals surface area contributed by atoms with Crippen LogP contribution in [0, 0.1) is 0 Å². The summed E-state index contributed by atoms with van der Waals surface area (Å²) in [5, 5.41) is 3.19. The molecule has 0 N–H and O–H groups in total. The number of nitrogens with zero attached hydrogens (tertiary/aromatic N) is 15. The third-order valence-electron chi connectivity index (χ3n) is 21.4. The minimum absolute atomic E-state index is 0.915. The Bertz CT molecular complexity index is 7830. The van der Waals surface area contributed by atoms with Crippen LogP contribution in [0.3, 0.4) is 0 Å². The second kappa shape index (κ2) is 27.1. The Morgan fingerprint density at radius 2 is 0.482 bits per heavy atom. The maximum atomic E-state index is 5.15. The van der Waals surface area contributed by atoms with E-state index in [2.05, 4.69) is 247 Å². The van der Waals surface area contributed by atoms with Crippen LogP contribution in [0.25, 0.3) is 201 Å². The Labute approximate surface area is 651 Å². The Balaban J connectivity index is 0.000000104. The maximum absolute atomic E-state index is 5.15. The van der Waals surface area contributed by atoms with Crippen molar-refractivity contribution in [3.8, 4) is 101 Å². The summed E-state index contributed by atoms with van der Waals surface area (Å²) in [5.41, 5.74) is 33.3. The van der Waals surface area contributed by atoms with E-state index in [0.29, 0.717) is 0 Å². The highest BCUT2D eigenvalue weighted by molar-refractivity contribution is 6.12. The van der Waals surface area contributed by atoms with Gasteiger partial charge in [-0.15, -0.1) is 0 Å². The van der Waals surface area contributed by atoms with Crippen LogP contribution >= 0.6 is 0 Å². The van der Waals surface area contributed by atoms with Gasteiger partial charge in [0.2, 0.25) is 0 Å². The second-order valence-electron chi connectivity index (χ2n) is 28.4. The first kappa shape index (κ1) is 65.2. The molecule has 15 aromatic heterocycles. The molecule has 0 fully saturated rings. The van der Waals surface area contributed by atoms with E-state index < -0.39 is 0 Å². The summed E-state index contributed by atoms with van der Waals surface area (Å²) < 4.78 is 12.6. The second-order valence-corrected chi connectivity index (χ2v) is 28.4. The van der Waals surface area contributed by atoms with Crippen LogP contribution in [-0.2, 0) is 0 Å². The zero-order valence-corrected chi connectivity index (χ0v) is 61.1. The van der Waals surface area contributed by atoms with E-state index in [-0.39, 0.29) is 0 Å². The molecule has 9 aromatic carbocycles. The predicted octanol–water partition coefficient (Wildman–Crippen LogP) is 23.1. The van der Waals surface area contributed by atoms with E-state index in [0.717, 1.165) is 201 Å². The first-order valence-corrected chi connectivity index (χ1v) is 37.9. The molecule has 15 heterocycles. The van der Waals surface area contributed by atoms with Gasteiger partial charge in [0.1, 0.15) is 50.4 Å². The fourth-order valence-corrected chi connectivity index (χ4v) is 16.0. The molecular weight excluding hydrogens is 1400 g/mol.